The number of carbonyl (C=O) groups excluding carboxylic acids is 1. The summed E-state index contributed by atoms with van der Waals surface area (Å²) in [4.78, 5) is 23.4. The van der Waals surface area contributed by atoms with Crippen molar-refractivity contribution in [2.45, 2.75) is 44.4 Å². The molecule has 2 aromatic rings. The summed E-state index contributed by atoms with van der Waals surface area (Å²) in [7, 11) is -2.35. The number of hydrogen-bond donors (Lipinski definition) is 1. The molecule has 0 saturated carbocycles. The second kappa shape index (κ2) is 9.88. The van der Waals surface area contributed by atoms with Crippen LogP contribution >= 0.6 is 0 Å². The van der Waals surface area contributed by atoms with E-state index in [1.54, 1.807) is 25.1 Å². The first kappa shape index (κ1) is 24.7. The zero-order valence-corrected chi connectivity index (χ0v) is 20.0. The molecule has 1 heterocycles. The van der Waals surface area contributed by atoms with Crippen molar-refractivity contribution in [3.05, 3.63) is 57.6 Å². The van der Waals surface area contributed by atoms with Gasteiger partial charge in [0.25, 0.3) is 5.69 Å². The molecule has 1 amide bonds. The molecule has 1 fully saturated rings. The molecule has 1 saturated heterocycles. The fourth-order valence-electron chi connectivity index (χ4n) is 3.84. The lowest BCUT2D eigenvalue weighted by molar-refractivity contribution is -0.384. The Kier molecular flexibility index (Phi) is 7.38. The minimum absolute atomic E-state index is 0.102. The van der Waals surface area contributed by atoms with Gasteiger partial charge in [-0.25, -0.2) is 8.42 Å². The SMILES string of the molecule is COc1ccc(C(C)C)cc1S(=O)(=O)N1CCC(C(=O)Nc2cc([N+](=O)[O-])ccc2C)CC1. The number of aryl methyl sites for hydroxylation is 1. The van der Waals surface area contributed by atoms with Crippen molar-refractivity contribution in [3.8, 4) is 5.75 Å². The predicted molar refractivity (Wildman–Crippen MR) is 125 cm³/mol. The van der Waals surface area contributed by atoms with Gasteiger partial charge in [0, 0.05) is 31.1 Å². The average molecular weight is 476 g/mol. The highest BCUT2D eigenvalue weighted by atomic mass is 32.2. The fourth-order valence-corrected chi connectivity index (χ4v) is 5.50. The lowest BCUT2D eigenvalue weighted by Gasteiger charge is -2.31. The molecule has 2 aromatic carbocycles. The van der Waals surface area contributed by atoms with E-state index in [0.717, 1.165) is 5.56 Å². The molecule has 0 radical (unpaired) electrons. The minimum Gasteiger partial charge on any atom is -0.495 e. The largest absolute Gasteiger partial charge is 0.495 e. The Labute approximate surface area is 193 Å². The van der Waals surface area contributed by atoms with E-state index < -0.39 is 14.9 Å². The van der Waals surface area contributed by atoms with Gasteiger partial charge < -0.3 is 10.1 Å². The maximum atomic E-state index is 13.3. The predicted octanol–water partition coefficient (Wildman–Crippen LogP) is 4.07. The standard InChI is InChI=1S/C23H29N3O6S/c1-15(2)18-6-8-21(32-4)22(13-18)33(30,31)25-11-9-17(10-12-25)23(27)24-20-14-19(26(28)29)7-5-16(20)3/h5-8,13-15,17H,9-12H2,1-4H3,(H,24,27). The highest BCUT2D eigenvalue weighted by Crippen LogP contribution is 2.33. The first-order valence-corrected chi connectivity index (χ1v) is 12.2. The first-order valence-electron chi connectivity index (χ1n) is 10.8. The van der Waals surface area contributed by atoms with E-state index in [9.17, 15) is 23.3 Å². The van der Waals surface area contributed by atoms with E-state index >= 15 is 0 Å². The van der Waals surface area contributed by atoms with Gasteiger partial charge in [0.05, 0.1) is 17.7 Å². The molecule has 33 heavy (non-hydrogen) atoms. The number of carbonyl (C=O) groups is 1. The molecular weight excluding hydrogens is 446 g/mol. The molecule has 9 nitrogen and oxygen atoms in total. The van der Waals surface area contributed by atoms with Gasteiger partial charge >= 0.3 is 0 Å². The van der Waals surface area contributed by atoms with Gasteiger partial charge in [0.1, 0.15) is 10.6 Å². The van der Waals surface area contributed by atoms with E-state index in [4.69, 9.17) is 4.74 Å². The smallest absolute Gasteiger partial charge is 0.271 e. The fraction of sp³-hybridized carbons (Fsp3) is 0.435. The zero-order valence-electron chi connectivity index (χ0n) is 19.2. The number of benzene rings is 2. The normalized spacial score (nSPS) is 15.4. The van der Waals surface area contributed by atoms with Crippen LogP contribution in [0.4, 0.5) is 11.4 Å². The quantitative estimate of drug-likeness (QED) is 0.476. The molecule has 0 bridgehead atoms. The Balaban J connectivity index is 1.72. The average Bonchev–Trinajstić information content (AvgIpc) is 2.79. The van der Waals surface area contributed by atoms with Gasteiger partial charge in [-0.2, -0.15) is 4.31 Å². The van der Waals surface area contributed by atoms with Crippen molar-refractivity contribution in [2.75, 3.05) is 25.5 Å². The summed E-state index contributed by atoms with van der Waals surface area (Å²) < 4.78 is 33.4. The van der Waals surface area contributed by atoms with Crippen molar-refractivity contribution in [2.24, 2.45) is 5.92 Å². The van der Waals surface area contributed by atoms with E-state index in [1.165, 1.54) is 23.5 Å². The molecule has 1 N–H and O–H groups in total. The number of amides is 1. The molecule has 0 atom stereocenters. The van der Waals surface area contributed by atoms with Crippen LogP contribution in [0.2, 0.25) is 0 Å². The van der Waals surface area contributed by atoms with Gasteiger partial charge in [0.15, 0.2) is 0 Å². The Hall–Kier alpha value is -2.98. The number of methoxy groups -OCH3 is 1. The Morgan fingerprint density at radius 2 is 1.85 bits per heavy atom. The minimum atomic E-state index is -3.79. The van der Waals surface area contributed by atoms with Crippen LogP contribution in [-0.4, -0.2) is 43.8 Å². The van der Waals surface area contributed by atoms with Crippen LogP contribution < -0.4 is 10.1 Å². The lowest BCUT2D eigenvalue weighted by atomic mass is 9.97. The lowest BCUT2D eigenvalue weighted by Crippen LogP contribution is -2.41. The molecule has 1 aliphatic heterocycles. The number of non-ortho nitro benzene ring substituents is 1. The number of nitro groups is 1. The summed E-state index contributed by atoms with van der Waals surface area (Å²) in [6, 6.07) is 9.49. The maximum absolute atomic E-state index is 13.3. The third-order valence-electron chi connectivity index (χ3n) is 5.99. The Morgan fingerprint density at radius 3 is 2.42 bits per heavy atom. The van der Waals surface area contributed by atoms with Gasteiger partial charge in [-0.1, -0.05) is 26.0 Å². The summed E-state index contributed by atoms with van der Waals surface area (Å²) in [6.07, 6.45) is 0.705. The van der Waals surface area contributed by atoms with Crippen molar-refractivity contribution in [1.29, 1.82) is 0 Å². The highest BCUT2D eigenvalue weighted by Gasteiger charge is 2.34. The van der Waals surface area contributed by atoms with Crippen LogP contribution in [0.1, 0.15) is 43.7 Å². The second-order valence-corrected chi connectivity index (χ2v) is 10.4. The van der Waals surface area contributed by atoms with Crippen molar-refractivity contribution in [1.82, 2.24) is 4.31 Å². The highest BCUT2D eigenvalue weighted by molar-refractivity contribution is 7.89. The number of nitrogens with one attached hydrogen (secondary N) is 1. The number of ether oxygens (including phenoxy) is 1. The van der Waals surface area contributed by atoms with Crippen LogP contribution in [0.3, 0.4) is 0 Å². The molecule has 10 heteroatoms. The number of hydrogen-bond acceptors (Lipinski definition) is 6. The molecule has 0 aliphatic carbocycles. The molecular formula is C23H29N3O6S. The third-order valence-corrected chi connectivity index (χ3v) is 7.91. The molecule has 0 unspecified atom stereocenters. The topological polar surface area (TPSA) is 119 Å². The molecule has 3 rings (SSSR count). The van der Waals surface area contributed by atoms with E-state index in [-0.39, 0.29) is 41.4 Å². The van der Waals surface area contributed by atoms with Crippen LogP contribution in [-0.2, 0) is 14.8 Å². The zero-order chi connectivity index (χ0) is 24.3. The summed E-state index contributed by atoms with van der Waals surface area (Å²) >= 11 is 0. The Morgan fingerprint density at radius 1 is 1.18 bits per heavy atom. The summed E-state index contributed by atoms with van der Waals surface area (Å²) in [5, 5.41) is 13.8. The number of piperidine rings is 1. The molecule has 1 aliphatic rings. The summed E-state index contributed by atoms with van der Waals surface area (Å²) in [5.74, 6) is -0.203. The third kappa shape index (κ3) is 5.33. The van der Waals surface area contributed by atoms with Crippen LogP contribution in [0.25, 0.3) is 0 Å². The van der Waals surface area contributed by atoms with Gasteiger partial charge in [-0.05, 0) is 48.9 Å². The number of rotatable bonds is 7. The number of nitro benzene ring substituents is 1. The number of nitrogens with zero attached hydrogens (tertiary/aromatic N) is 2. The van der Waals surface area contributed by atoms with Gasteiger partial charge in [-0.3, -0.25) is 14.9 Å². The molecule has 178 valence electrons. The number of anilines is 1. The monoisotopic (exact) mass is 475 g/mol. The molecule has 0 spiro atoms. The van der Waals surface area contributed by atoms with Gasteiger partial charge in [-0.15, -0.1) is 0 Å². The van der Waals surface area contributed by atoms with Gasteiger partial charge in [0.2, 0.25) is 15.9 Å². The van der Waals surface area contributed by atoms with E-state index in [0.29, 0.717) is 29.8 Å². The first-order chi connectivity index (χ1) is 15.5. The van der Waals surface area contributed by atoms with E-state index in [2.05, 4.69) is 5.32 Å². The molecule has 0 aromatic heterocycles. The van der Waals surface area contributed by atoms with E-state index in [1.807, 2.05) is 19.9 Å². The van der Waals surface area contributed by atoms with Crippen LogP contribution in [0.5, 0.6) is 5.75 Å². The summed E-state index contributed by atoms with van der Waals surface area (Å²) in [6.45, 7) is 6.14. The van der Waals surface area contributed by atoms with Crippen molar-refractivity contribution in [3.63, 3.8) is 0 Å². The number of sulfonamides is 1. The maximum Gasteiger partial charge on any atom is 0.271 e. The Bertz CT molecular complexity index is 1150. The van der Waals surface area contributed by atoms with Crippen molar-refractivity contribution < 1.29 is 22.9 Å². The van der Waals surface area contributed by atoms with Crippen LogP contribution in [0, 0.1) is 23.0 Å². The summed E-state index contributed by atoms with van der Waals surface area (Å²) in [5.41, 5.74) is 1.90. The van der Waals surface area contributed by atoms with Crippen LogP contribution in [0.15, 0.2) is 41.3 Å². The second-order valence-electron chi connectivity index (χ2n) is 8.49. The van der Waals surface area contributed by atoms with Crippen molar-refractivity contribution >= 4 is 27.3 Å².